The maximum Gasteiger partial charge on any atom is 0.268 e. The van der Waals surface area contributed by atoms with E-state index < -0.39 is 15.6 Å². The Kier molecular flexibility index (Phi) is 5.95. The monoisotopic (exact) mass is 508 g/mol. The van der Waals surface area contributed by atoms with E-state index in [1.807, 2.05) is 24.3 Å². The van der Waals surface area contributed by atoms with Gasteiger partial charge in [0, 0.05) is 40.9 Å². The second-order valence-corrected chi connectivity index (χ2v) is 11.2. The van der Waals surface area contributed by atoms with Crippen LogP contribution in [0.4, 0.5) is 5.69 Å². The number of halogens is 1. The number of hydrogen-bond donors (Lipinski definition) is 1. The van der Waals surface area contributed by atoms with E-state index in [9.17, 15) is 18.3 Å². The molecule has 0 saturated carbocycles. The van der Waals surface area contributed by atoms with Gasteiger partial charge < -0.3 is 10.0 Å². The minimum atomic E-state index is -3.87. The number of piperidine rings is 1. The molecule has 8 heteroatoms. The van der Waals surface area contributed by atoms with Crippen LogP contribution in [0.3, 0.4) is 0 Å². The Balaban J connectivity index is 1.47. The van der Waals surface area contributed by atoms with Crippen molar-refractivity contribution >= 4 is 44.5 Å². The Hall–Kier alpha value is -3.13. The van der Waals surface area contributed by atoms with Crippen molar-refractivity contribution in [1.82, 2.24) is 3.97 Å². The number of nitrogens with zero attached hydrogens (tertiary/aromatic N) is 2. The Bertz CT molecular complexity index is 1520. The van der Waals surface area contributed by atoms with Crippen LogP contribution in [0.25, 0.3) is 10.9 Å². The van der Waals surface area contributed by atoms with Gasteiger partial charge in [-0.2, -0.15) is 0 Å². The molecule has 0 unspecified atom stereocenters. The van der Waals surface area contributed by atoms with E-state index in [2.05, 4.69) is 4.90 Å². The maximum atomic E-state index is 13.4. The molecular weight excluding hydrogens is 484 g/mol. The fraction of sp³-hybridized carbons (Fsp3) is 0.222. The SMILES string of the molecule is Cc1ccccc1S(=O)(=O)n1cc(C=O)c2cc(N3CCC(O)(c4ccc(Cl)cc4)CC3)ccc21. The number of aldehydes is 1. The average Bonchev–Trinajstić information content (AvgIpc) is 3.24. The molecule has 1 aliphatic rings. The number of benzene rings is 3. The van der Waals surface area contributed by atoms with Crippen molar-refractivity contribution in [3.63, 3.8) is 0 Å². The largest absolute Gasteiger partial charge is 0.385 e. The summed E-state index contributed by atoms with van der Waals surface area (Å²) in [4.78, 5) is 14.2. The molecule has 35 heavy (non-hydrogen) atoms. The van der Waals surface area contributed by atoms with Crippen LogP contribution in [0.15, 0.2) is 77.8 Å². The Morgan fingerprint density at radius 1 is 1.00 bits per heavy atom. The van der Waals surface area contributed by atoms with Crippen LogP contribution < -0.4 is 4.90 Å². The first-order valence-corrected chi connectivity index (χ1v) is 13.2. The molecule has 6 nitrogen and oxygen atoms in total. The lowest BCUT2D eigenvalue weighted by Gasteiger charge is -2.39. The second kappa shape index (κ2) is 8.82. The summed E-state index contributed by atoms with van der Waals surface area (Å²) in [6.07, 6.45) is 3.15. The normalized spacial score (nSPS) is 15.9. The molecule has 1 aromatic heterocycles. The molecule has 2 heterocycles. The van der Waals surface area contributed by atoms with Gasteiger partial charge in [0.25, 0.3) is 10.0 Å². The Morgan fingerprint density at radius 2 is 1.69 bits per heavy atom. The standard InChI is InChI=1S/C27H25ClN2O4S/c1-19-4-2-3-5-26(19)35(33,34)30-17-20(18-31)24-16-23(10-11-25(24)30)29-14-12-27(32,13-15-29)21-6-8-22(28)9-7-21/h2-11,16-18,32H,12-15H2,1H3. The lowest BCUT2D eigenvalue weighted by atomic mass is 9.84. The summed E-state index contributed by atoms with van der Waals surface area (Å²) in [5.74, 6) is 0. The van der Waals surface area contributed by atoms with Gasteiger partial charge in [0.15, 0.2) is 6.29 Å². The van der Waals surface area contributed by atoms with E-state index in [1.165, 1.54) is 10.2 Å². The van der Waals surface area contributed by atoms with Crippen LogP contribution in [0.2, 0.25) is 5.02 Å². The molecular formula is C27H25ClN2O4S. The van der Waals surface area contributed by atoms with E-state index in [1.54, 1.807) is 49.4 Å². The smallest absolute Gasteiger partial charge is 0.268 e. The number of aromatic nitrogens is 1. The highest BCUT2D eigenvalue weighted by Gasteiger charge is 2.34. The first-order valence-electron chi connectivity index (χ1n) is 11.4. The zero-order valence-electron chi connectivity index (χ0n) is 19.2. The zero-order chi connectivity index (χ0) is 24.8. The topological polar surface area (TPSA) is 79.6 Å². The molecule has 1 saturated heterocycles. The number of carbonyl (C=O) groups excluding carboxylic acids is 1. The summed E-state index contributed by atoms with van der Waals surface area (Å²) < 4.78 is 28.0. The number of rotatable bonds is 5. The van der Waals surface area contributed by atoms with Gasteiger partial charge in [0.05, 0.1) is 16.0 Å². The Labute approximate surface area is 209 Å². The first kappa shape index (κ1) is 23.6. The van der Waals surface area contributed by atoms with E-state index in [4.69, 9.17) is 11.6 Å². The van der Waals surface area contributed by atoms with Crippen LogP contribution in [0.5, 0.6) is 0 Å². The lowest BCUT2D eigenvalue weighted by Crippen LogP contribution is -2.42. The van der Waals surface area contributed by atoms with E-state index in [-0.39, 0.29) is 4.90 Å². The van der Waals surface area contributed by atoms with Gasteiger partial charge >= 0.3 is 0 Å². The third kappa shape index (κ3) is 4.14. The highest BCUT2D eigenvalue weighted by molar-refractivity contribution is 7.90. The molecule has 3 aromatic carbocycles. The zero-order valence-corrected chi connectivity index (χ0v) is 20.8. The summed E-state index contributed by atoms with van der Waals surface area (Å²) >= 11 is 5.99. The van der Waals surface area contributed by atoms with Crippen LogP contribution >= 0.6 is 11.6 Å². The molecule has 1 fully saturated rings. The number of fused-ring (bicyclic) bond motifs is 1. The third-order valence-corrected chi connectivity index (χ3v) is 8.97. The highest BCUT2D eigenvalue weighted by Crippen LogP contribution is 2.36. The molecule has 1 aliphatic heterocycles. The summed E-state index contributed by atoms with van der Waals surface area (Å²) in [5, 5.41) is 12.4. The van der Waals surface area contributed by atoms with Gasteiger partial charge in [0.2, 0.25) is 0 Å². The van der Waals surface area contributed by atoms with E-state index in [0.29, 0.717) is 59.3 Å². The number of aryl methyl sites for hydroxylation is 1. The quantitative estimate of drug-likeness (QED) is 0.377. The molecule has 0 radical (unpaired) electrons. The van der Waals surface area contributed by atoms with E-state index >= 15 is 0 Å². The van der Waals surface area contributed by atoms with Gasteiger partial charge in [-0.1, -0.05) is 41.9 Å². The fourth-order valence-corrected chi connectivity index (χ4v) is 6.57. The van der Waals surface area contributed by atoms with Gasteiger partial charge in [0.1, 0.15) is 0 Å². The maximum absolute atomic E-state index is 13.4. The average molecular weight is 509 g/mol. The van der Waals surface area contributed by atoms with Gasteiger partial charge in [-0.3, -0.25) is 4.79 Å². The van der Waals surface area contributed by atoms with Crippen molar-refractivity contribution < 1.29 is 18.3 Å². The minimum absolute atomic E-state index is 0.205. The second-order valence-electron chi connectivity index (χ2n) is 9.00. The lowest BCUT2D eigenvalue weighted by molar-refractivity contribution is 0.0118. The molecule has 5 rings (SSSR count). The van der Waals surface area contributed by atoms with Crippen LogP contribution in [-0.2, 0) is 15.6 Å². The molecule has 180 valence electrons. The molecule has 0 bridgehead atoms. The summed E-state index contributed by atoms with van der Waals surface area (Å²) in [6, 6.07) is 19.5. The first-order chi connectivity index (χ1) is 16.7. The van der Waals surface area contributed by atoms with Crippen molar-refractivity contribution in [3.05, 3.63) is 94.6 Å². The van der Waals surface area contributed by atoms with Crippen molar-refractivity contribution in [1.29, 1.82) is 0 Å². The molecule has 0 aliphatic carbocycles. The van der Waals surface area contributed by atoms with E-state index in [0.717, 1.165) is 11.3 Å². The summed E-state index contributed by atoms with van der Waals surface area (Å²) in [6.45, 7) is 2.98. The molecule has 0 amide bonds. The summed E-state index contributed by atoms with van der Waals surface area (Å²) in [7, 11) is -3.87. The third-order valence-electron chi connectivity index (χ3n) is 6.88. The fourth-order valence-electron chi connectivity index (χ4n) is 4.84. The number of carbonyl (C=O) groups is 1. The predicted octanol–water partition coefficient (Wildman–Crippen LogP) is 5.14. The van der Waals surface area contributed by atoms with Crippen LogP contribution in [-0.4, -0.2) is 36.9 Å². The molecule has 1 N–H and O–H groups in total. The van der Waals surface area contributed by atoms with Crippen molar-refractivity contribution in [3.8, 4) is 0 Å². The number of aliphatic hydroxyl groups is 1. The highest BCUT2D eigenvalue weighted by atomic mass is 35.5. The van der Waals surface area contributed by atoms with Gasteiger partial charge in [-0.15, -0.1) is 0 Å². The number of anilines is 1. The summed E-state index contributed by atoms with van der Waals surface area (Å²) in [5.41, 5.74) is 2.20. The number of hydrogen-bond acceptors (Lipinski definition) is 5. The van der Waals surface area contributed by atoms with Crippen LogP contribution in [0, 0.1) is 6.92 Å². The molecule has 4 aromatic rings. The van der Waals surface area contributed by atoms with Crippen molar-refractivity contribution in [2.75, 3.05) is 18.0 Å². The van der Waals surface area contributed by atoms with Gasteiger partial charge in [-0.05, 0) is 67.3 Å². The Morgan fingerprint density at radius 3 is 2.34 bits per heavy atom. The predicted molar refractivity (Wildman–Crippen MR) is 138 cm³/mol. The van der Waals surface area contributed by atoms with Gasteiger partial charge in [-0.25, -0.2) is 12.4 Å². The van der Waals surface area contributed by atoms with Crippen molar-refractivity contribution in [2.24, 2.45) is 0 Å². The molecule has 0 atom stereocenters. The van der Waals surface area contributed by atoms with Crippen LogP contribution in [0.1, 0.15) is 34.3 Å². The van der Waals surface area contributed by atoms with Crippen molar-refractivity contribution in [2.45, 2.75) is 30.3 Å². The minimum Gasteiger partial charge on any atom is -0.385 e. The molecule has 0 spiro atoms.